The summed E-state index contributed by atoms with van der Waals surface area (Å²) in [7, 11) is 0. The summed E-state index contributed by atoms with van der Waals surface area (Å²) < 4.78 is 5.41. The highest BCUT2D eigenvalue weighted by molar-refractivity contribution is 7.80. The van der Waals surface area contributed by atoms with Crippen molar-refractivity contribution in [1.82, 2.24) is 35.3 Å². The molecule has 1 unspecified atom stereocenters. The predicted octanol–water partition coefficient (Wildman–Crippen LogP) is 0.105. The molecule has 34 heavy (non-hydrogen) atoms. The summed E-state index contributed by atoms with van der Waals surface area (Å²) in [5.74, 6) is 2.51. The molecule has 5 saturated heterocycles. The molecule has 5 aliphatic rings. The molecule has 4 atom stereocenters. The van der Waals surface area contributed by atoms with E-state index in [0.717, 1.165) is 95.0 Å². The Bertz CT molecular complexity index is 771. The zero-order valence-electron chi connectivity index (χ0n) is 20.3. The average molecular weight is 489 g/mol. The summed E-state index contributed by atoms with van der Waals surface area (Å²) in [4.78, 5) is 18.9. The molecule has 188 valence electrons. The maximum absolute atomic E-state index is 5.55. The van der Waals surface area contributed by atoms with Crippen molar-refractivity contribution in [2.24, 2.45) is 11.8 Å². The molecule has 0 aliphatic carbocycles. The molecule has 0 aromatic carbocycles. The van der Waals surface area contributed by atoms with Gasteiger partial charge in [-0.25, -0.2) is 9.97 Å². The van der Waals surface area contributed by atoms with Gasteiger partial charge in [-0.15, -0.1) is 0 Å². The lowest BCUT2D eigenvalue weighted by Gasteiger charge is -2.51. The molecule has 5 fully saturated rings. The Morgan fingerprint density at radius 1 is 1.00 bits per heavy atom. The topological polar surface area (TPSA) is 72.0 Å². The van der Waals surface area contributed by atoms with Crippen LogP contribution < -0.4 is 15.5 Å². The first-order chi connectivity index (χ1) is 16.7. The Morgan fingerprint density at radius 3 is 2.53 bits per heavy atom. The second kappa shape index (κ2) is 11.9. The summed E-state index contributed by atoms with van der Waals surface area (Å²) >= 11 is 5.55. The van der Waals surface area contributed by atoms with E-state index in [4.69, 9.17) is 17.0 Å². The first-order valence-corrected chi connectivity index (χ1v) is 13.5. The van der Waals surface area contributed by atoms with Crippen LogP contribution in [0, 0.1) is 11.8 Å². The quantitative estimate of drug-likeness (QED) is 0.493. The smallest absolute Gasteiger partial charge is 0.225 e. The van der Waals surface area contributed by atoms with Gasteiger partial charge in [0.2, 0.25) is 5.95 Å². The fourth-order valence-corrected chi connectivity index (χ4v) is 6.20. The van der Waals surface area contributed by atoms with Crippen LogP contribution in [0.3, 0.4) is 0 Å². The van der Waals surface area contributed by atoms with Crippen LogP contribution in [0.25, 0.3) is 0 Å². The van der Waals surface area contributed by atoms with Gasteiger partial charge in [0.15, 0.2) is 5.11 Å². The molecule has 1 aromatic heterocycles. The number of rotatable bonds is 8. The summed E-state index contributed by atoms with van der Waals surface area (Å²) in [6.45, 7) is 14.6. The van der Waals surface area contributed by atoms with Gasteiger partial charge in [-0.3, -0.25) is 14.7 Å². The predicted molar refractivity (Wildman–Crippen MR) is 138 cm³/mol. The van der Waals surface area contributed by atoms with E-state index in [1.54, 1.807) is 0 Å². The number of anilines is 1. The zero-order valence-corrected chi connectivity index (χ0v) is 21.1. The van der Waals surface area contributed by atoms with E-state index in [0.29, 0.717) is 6.04 Å². The van der Waals surface area contributed by atoms with Gasteiger partial charge < -0.3 is 20.3 Å². The fraction of sp³-hybridized carbons (Fsp3) is 0.792. The van der Waals surface area contributed by atoms with Gasteiger partial charge in [0.25, 0.3) is 0 Å². The number of piperidine rings is 3. The van der Waals surface area contributed by atoms with Gasteiger partial charge in [0.1, 0.15) is 0 Å². The van der Waals surface area contributed by atoms with Gasteiger partial charge in [-0.1, -0.05) is 0 Å². The largest absolute Gasteiger partial charge is 0.379 e. The van der Waals surface area contributed by atoms with Crippen LogP contribution >= 0.6 is 12.2 Å². The molecule has 0 spiro atoms. The zero-order chi connectivity index (χ0) is 23.2. The van der Waals surface area contributed by atoms with Gasteiger partial charge in [-0.2, -0.15) is 0 Å². The van der Waals surface area contributed by atoms with Gasteiger partial charge >= 0.3 is 0 Å². The maximum atomic E-state index is 5.55. The summed E-state index contributed by atoms with van der Waals surface area (Å²) in [6, 6.07) is 2.49. The molecular formula is C24H40N8OS. The first kappa shape index (κ1) is 24.1. The fourth-order valence-electron chi connectivity index (χ4n) is 6.01. The number of nitrogens with zero attached hydrogens (tertiary/aromatic N) is 6. The average Bonchev–Trinajstić information content (AvgIpc) is 2.90. The molecule has 5 aliphatic heterocycles. The number of ether oxygens (including phenoxy) is 1. The molecule has 6 rings (SSSR count). The molecule has 6 heterocycles. The van der Waals surface area contributed by atoms with Crippen LogP contribution in [0.4, 0.5) is 5.95 Å². The standard InChI is InChI=1S/C24H40N8OS/c34-24(27-5-7-29-12-14-33-15-13-29)28-17-22-16-20-2-6-32(22)19-21(20)18-30-8-10-31(11-9-30)23-25-3-1-4-26-23/h1,3-4,20-22H,2,5-19H2,(H2,27,28,34)/t20-,21+,22+/m0/s1. The van der Waals surface area contributed by atoms with E-state index in [2.05, 4.69) is 40.2 Å². The number of hydrogen-bond acceptors (Lipinski definition) is 8. The minimum atomic E-state index is 0.612. The van der Waals surface area contributed by atoms with Crippen molar-refractivity contribution in [3.8, 4) is 0 Å². The molecular weight excluding hydrogens is 448 g/mol. The van der Waals surface area contributed by atoms with Crippen molar-refractivity contribution in [2.45, 2.75) is 18.9 Å². The summed E-state index contributed by atoms with van der Waals surface area (Å²) in [6.07, 6.45) is 6.32. The van der Waals surface area contributed by atoms with Crippen LogP contribution in [0.2, 0.25) is 0 Å². The highest BCUT2D eigenvalue weighted by Gasteiger charge is 2.40. The van der Waals surface area contributed by atoms with E-state index in [-0.39, 0.29) is 0 Å². The highest BCUT2D eigenvalue weighted by Crippen LogP contribution is 2.36. The van der Waals surface area contributed by atoms with E-state index in [1.165, 1.54) is 32.5 Å². The third-order valence-electron chi connectivity index (χ3n) is 8.03. The minimum Gasteiger partial charge on any atom is -0.379 e. The Balaban J connectivity index is 0.993. The van der Waals surface area contributed by atoms with Crippen molar-refractivity contribution < 1.29 is 4.74 Å². The number of thiocarbonyl (C=S) groups is 1. The van der Waals surface area contributed by atoms with Crippen molar-refractivity contribution in [3.63, 3.8) is 0 Å². The third kappa shape index (κ3) is 6.34. The van der Waals surface area contributed by atoms with Gasteiger partial charge in [-0.05, 0) is 49.5 Å². The van der Waals surface area contributed by atoms with Crippen LogP contribution in [-0.4, -0.2) is 128 Å². The number of piperazine rings is 1. The number of morpholine rings is 1. The van der Waals surface area contributed by atoms with Crippen molar-refractivity contribution >= 4 is 23.3 Å². The van der Waals surface area contributed by atoms with Crippen molar-refractivity contribution in [2.75, 3.05) is 96.7 Å². The molecule has 0 amide bonds. The summed E-state index contributed by atoms with van der Waals surface area (Å²) in [5.41, 5.74) is 0. The monoisotopic (exact) mass is 488 g/mol. The number of nitrogens with one attached hydrogen (secondary N) is 2. The second-order valence-corrected chi connectivity index (χ2v) is 10.5. The molecule has 1 aromatic rings. The van der Waals surface area contributed by atoms with Crippen LogP contribution in [-0.2, 0) is 4.74 Å². The second-order valence-electron chi connectivity index (χ2n) is 10.1. The number of aromatic nitrogens is 2. The number of fused-ring (bicyclic) bond motifs is 3. The van der Waals surface area contributed by atoms with E-state index < -0.39 is 0 Å². The Morgan fingerprint density at radius 2 is 1.79 bits per heavy atom. The third-order valence-corrected chi connectivity index (χ3v) is 8.32. The summed E-state index contributed by atoms with van der Waals surface area (Å²) in [5, 5.41) is 7.69. The molecule has 9 nitrogen and oxygen atoms in total. The Kier molecular flexibility index (Phi) is 8.44. The van der Waals surface area contributed by atoms with Gasteiger partial charge in [0, 0.05) is 90.4 Å². The van der Waals surface area contributed by atoms with Gasteiger partial charge in [0.05, 0.1) is 13.2 Å². The lowest BCUT2D eigenvalue weighted by Crippen LogP contribution is -2.59. The lowest BCUT2D eigenvalue weighted by atomic mass is 9.75. The number of hydrogen-bond donors (Lipinski definition) is 2. The molecule has 10 heteroatoms. The SMILES string of the molecule is S=C(NCCN1CCOCC1)NC[C@H]1C[C@@H]2CCN1C[C@H]2CN1CCN(c2ncccn2)CC1. The van der Waals surface area contributed by atoms with Crippen LogP contribution in [0.5, 0.6) is 0 Å². The minimum absolute atomic E-state index is 0.612. The molecule has 2 N–H and O–H groups in total. The maximum Gasteiger partial charge on any atom is 0.225 e. The van der Waals surface area contributed by atoms with E-state index in [1.807, 2.05) is 18.5 Å². The normalized spacial score (nSPS) is 30.3. The first-order valence-electron chi connectivity index (χ1n) is 13.0. The Hall–Kier alpha value is -1.59. The van der Waals surface area contributed by atoms with Crippen LogP contribution in [0.15, 0.2) is 18.5 Å². The molecule has 0 radical (unpaired) electrons. The van der Waals surface area contributed by atoms with E-state index >= 15 is 0 Å². The molecule has 0 saturated carbocycles. The van der Waals surface area contributed by atoms with Crippen molar-refractivity contribution in [3.05, 3.63) is 18.5 Å². The Labute approximate surface area is 209 Å². The molecule has 2 bridgehead atoms. The van der Waals surface area contributed by atoms with Crippen LogP contribution in [0.1, 0.15) is 12.8 Å². The highest BCUT2D eigenvalue weighted by atomic mass is 32.1. The lowest BCUT2D eigenvalue weighted by molar-refractivity contribution is -0.0110. The van der Waals surface area contributed by atoms with Crippen molar-refractivity contribution in [1.29, 1.82) is 0 Å². The van der Waals surface area contributed by atoms with E-state index in [9.17, 15) is 0 Å².